The molecule has 4 aromatic rings. The molecule has 7 nitrogen and oxygen atoms in total. The van der Waals surface area contributed by atoms with Gasteiger partial charge in [-0.05, 0) is 24.3 Å². The summed E-state index contributed by atoms with van der Waals surface area (Å²) in [5, 5.41) is 7.28. The van der Waals surface area contributed by atoms with Gasteiger partial charge >= 0.3 is 5.97 Å². The van der Waals surface area contributed by atoms with Gasteiger partial charge in [0.05, 0.1) is 24.1 Å². The Morgan fingerprint density at radius 2 is 1.58 bits per heavy atom. The number of para-hydroxylation sites is 2. The summed E-state index contributed by atoms with van der Waals surface area (Å²) in [6.07, 6.45) is 1.85. The van der Waals surface area contributed by atoms with E-state index in [9.17, 15) is 9.59 Å². The zero-order chi connectivity index (χ0) is 23.0. The quantitative estimate of drug-likeness (QED) is 0.418. The van der Waals surface area contributed by atoms with E-state index in [0.29, 0.717) is 11.3 Å². The molecule has 1 heterocycles. The Morgan fingerprint density at radius 1 is 0.909 bits per heavy atom. The van der Waals surface area contributed by atoms with Crippen LogP contribution in [-0.4, -0.2) is 35.3 Å². The Bertz CT molecular complexity index is 1240. The normalized spacial score (nSPS) is 10.5. The Labute approximate surface area is 191 Å². The Morgan fingerprint density at radius 3 is 2.30 bits per heavy atom. The van der Waals surface area contributed by atoms with Crippen molar-refractivity contribution < 1.29 is 19.1 Å². The third-order valence-electron chi connectivity index (χ3n) is 4.99. The van der Waals surface area contributed by atoms with Gasteiger partial charge in [-0.15, -0.1) is 0 Å². The van der Waals surface area contributed by atoms with E-state index in [0.717, 1.165) is 22.5 Å². The van der Waals surface area contributed by atoms with Crippen molar-refractivity contribution in [2.75, 3.05) is 13.7 Å². The number of carbonyl (C=O) groups excluding carboxylic acids is 2. The molecule has 1 N–H and O–H groups in total. The molecule has 1 aromatic heterocycles. The molecule has 0 aliphatic heterocycles. The highest BCUT2D eigenvalue weighted by Gasteiger charge is 2.16. The first-order valence-corrected chi connectivity index (χ1v) is 10.4. The lowest BCUT2D eigenvalue weighted by Gasteiger charge is -2.09. The van der Waals surface area contributed by atoms with Crippen molar-refractivity contribution in [2.24, 2.45) is 0 Å². The van der Waals surface area contributed by atoms with Crippen LogP contribution in [0.5, 0.6) is 5.75 Å². The molecule has 7 heteroatoms. The second-order valence-corrected chi connectivity index (χ2v) is 7.19. The van der Waals surface area contributed by atoms with E-state index in [1.807, 2.05) is 66.9 Å². The van der Waals surface area contributed by atoms with Crippen molar-refractivity contribution in [1.29, 1.82) is 0 Å². The van der Waals surface area contributed by atoms with Crippen LogP contribution in [0.25, 0.3) is 16.9 Å². The minimum absolute atomic E-state index is 0.0282. The number of amides is 1. The second kappa shape index (κ2) is 10.3. The van der Waals surface area contributed by atoms with Crippen molar-refractivity contribution >= 4 is 11.9 Å². The fraction of sp³-hybridized carbons (Fsp3) is 0.115. The molecule has 0 bridgehead atoms. The van der Waals surface area contributed by atoms with E-state index in [-0.39, 0.29) is 13.2 Å². The highest BCUT2D eigenvalue weighted by molar-refractivity contribution is 5.98. The third kappa shape index (κ3) is 5.27. The molecule has 166 valence electrons. The van der Waals surface area contributed by atoms with E-state index in [1.54, 1.807) is 28.9 Å². The number of nitrogens with one attached hydrogen (secondary N) is 1. The van der Waals surface area contributed by atoms with Crippen LogP contribution in [0, 0.1) is 0 Å². The maximum absolute atomic E-state index is 12.4. The van der Waals surface area contributed by atoms with Crippen molar-refractivity contribution in [3.05, 3.63) is 102 Å². The highest BCUT2D eigenvalue weighted by atomic mass is 16.5. The number of carbonyl (C=O) groups is 2. The Hall–Kier alpha value is -4.39. The number of hydrogen-bond acceptors (Lipinski definition) is 5. The van der Waals surface area contributed by atoms with Gasteiger partial charge < -0.3 is 14.8 Å². The standard InChI is InChI=1S/C26H23N3O4/c1-32-23-15-9-8-14-22(23)26(31)27-16-24(30)33-18-20-17-29(21-12-6-3-7-13-21)28-25(20)19-10-4-2-5-11-19/h2-15,17H,16,18H2,1H3,(H,27,31). The van der Waals surface area contributed by atoms with Gasteiger partial charge in [-0.3, -0.25) is 9.59 Å². The predicted molar refractivity (Wildman–Crippen MR) is 124 cm³/mol. The fourth-order valence-electron chi connectivity index (χ4n) is 3.36. The summed E-state index contributed by atoms with van der Waals surface area (Å²) in [6, 6.07) is 26.2. The molecule has 4 rings (SSSR count). The molecule has 0 aliphatic carbocycles. The molecule has 0 saturated carbocycles. The van der Waals surface area contributed by atoms with Crippen molar-refractivity contribution in [3.8, 4) is 22.7 Å². The molecule has 0 unspecified atom stereocenters. The number of ether oxygens (including phenoxy) is 2. The highest BCUT2D eigenvalue weighted by Crippen LogP contribution is 2.24. The maximum atomic E-state index is 12.4. The maximum Gasteiger partial charge on any atom is 0.325 e. The van der Waals surface area contributed by atoms with Crippen LogP contribution in [0.3, 0.4) is 0 Å². The molecule has 33 heavy (non-hydrogen) atoms. The third-order valence-corrected chi connectivity index (χ3v) is 4.99. The smallest absolute Gasteiger partial charge is 0.325 e. The van der Waals surface area contributed by atoms with Gasteiger partial charge in [-0.1, -0.05) is 60.7 Å². The zero-order valence-corrected chi connectivity index (χ0v) is 18.1. The van der Waals surface area contributed by atoms with E-state index in [1.165, 1.54) is 7.11 Å². The topological polar surface area (TPSA) is 82.5 Å². The van der Waals surface area contributed by atoms with Gasteiger partial charge in [0, 0.05) is 17.3 Å². The summed E-state index contributed by atoms with van der Waals surface area (Å²) in [5.74, 6) is -0.528. The first-order chi connectivity index (χ1) is 16.2. The second-order valence-electron chi connectivity index (χ2n) is 7.19. The molecule has 3 aromatic carbocycles. The number of benzene rings is 3. The fourth-order valence-corrected chi connectivity index (χ4v) is 3.36. The molecular formula is C26H23N3O4. The lowest BCUT2D eigenvalue weighted by molar-refractivity contribution is -0.143. The summed E-state index contributed by atoms with van der Waals surface area (Å²) in [5.41, 5.74) is 3.65. The van der Waals surface area contributed by atoms with Gasteiger partial charge in [-0.25, -0.2) is 4.68 Å². The summed E-state index contributed by atoms with van der Waals surface area (Å²) in [7, 11) is 1.49. The largest absolute Gasteiger partial charge is 0.496 e. The van der Waals surface area contributed by atoms with E-state index in [4.69, 9.17) is 14.6 Å². The number of hydrogen-bond donors (Lipinski definition) is 1. The van der Waals surface area contributed by atoms with Crippen molar-refractivity contribution in [2.45, 2.75) is 6.61 Å². The van der Waals surface area contributed by atoms with E-state index in [2.05, 4.69) is 5.32 Å². The number of aromatic nitrogens is 2. The average Bonchev–Trinajstić information content (AvgIpc) is 3.31. The summed E-state index contributed by atoms with van der Waals surface area (Å²) in [6.45, 7) is -0.231. The SMILES string of the molecule is COc1ccccc1C(=O)NCC(=O)OCc1cn(-c2ccccc2)nc1-c1ccccc1. The van der Waals surface area contributed by atoms with Gasteiger partial charge in [0.25, 0.3) is 5.91 Å². The molecule has 0 radical (unpaired) electrons. The minimum Gasteiger partial charge on any atom is -0.496 e. The van der Waals surface area contributed by atoms with Gasteiger partial charge in [0.15, 0.2) is 0 Å². The Kier molecular flexibility index (Phi) is 6.80. The summed E-state index contributed by atoms with van der Waals surface area (Å²) >= 11 is 0. The Balaban J connectivity index is 1.44. The van der Waals surface area contributed by atoms with Crippen molar-refractivity contribution in [3.63, 3.8) is 0 Å². The van der Waals surface area contributed by atoms with Gasteiger partial charge in [0.2, 0.25) is 0 Å². The van der Waals surface area contributed by atoms with Crippen LogP contribution in [0.4, 0.5) is 0 Å². The van der Waals surface area contributed by atoms with Gasteiger partial charge in [0.1, 0.15) is 18.9 Å². The number of rotatable bonds is 8. The van der Waals surface area contributed by atoms with Crippen LogP contribution in [-0.2, 0) is 16.1 Å². The summed E-state index contributed by atoms with van der Waals surface area (Å²) < 4.78 is 12.4. The van der Waals surface area contributed by atoms with Gasteiger partial charge in [-0.2, -0.15) is 5.10 Å². The number of methoxy groups -OCH3 is 1. The molecule has 0 fully saturated rings. The number of esters is 1. The monoisotopic (exact) mass is 441 g/mol. The lowest BCUT2D eigenvalue weighted by Crippen LogP contribution is -2.30. The average molecular weight is 441 g/mol. The first-order valence-electron chi connectivity index (χ1n) is 10.4. The zero-order valence-electron chi connectivity index (χ0n) is 18.1. The van der Waals surface area contributed by atoms with Crippen molar-refractivity contribution in [1.82, 2.24) is 15.1 Å². The number of nitrogens with zero attached hydrogens (tertiary/aromatic N) is 2. The first kappa shape index (κ1) is 21.8. The molecule has 0 spiro atoms. The van der Waals surface area contributed by atoms with Crippen LogP contribution in [0.2, 0.25) is 0 Å². The minimum atomic E-state index is -0.551. The van der Waals surface area contributed by atoms with Crippen LogP contribution in [0.15, 0.2) is 91.1 Å². The van der Waals surface area contributed by atoms with E-state index < -0.39 is 11.9 Å². The van der Waals surface area contributed by atoms with Crippen LogP contribution in [0.1, 0.15) is 15.9 Å². The van der Waals surface area contributed by atoms with Crippen LogP contribution >= 0.6 is 0 Å². The molecular weight excluding hydrogens is 418 g/mol. The van der Waals surface area contributed by atoms with Crippen LogP contribution < -0.4 is 10.1 Å². The molecule has 0 atom stereocenters. The van der Waals surface area contributed by atoms with E-state index >= 15 is 0 Å². The predicted octanol–water partition coefficient (Wildman–Crippen LogP) is 4.02. The molecule has 0 aliphatic rings. The summed E-state index contributed by atoms with van der Waals surface area (Å²) in [4.78, 5) is 24.7. The molecule has 0 saturated heterocycles. The lowest BCUT2D eigenvalue weighted by atomic mass is 10.1. The molecule has 1 amide bonds.